The zero-order valence-electron chi connectivity index (χ0n) is 8.85. The highest BCUT2D eigenvalue weighted by Gasteiger charge is 2.24. The normalized spacial score (nSPS) is 14.4. The van der Waals surface area contributed by atoms with Gasteiger partial charge in [-0.3, -0.25) is 0 Å². The fraction of sp³-hybridized carbons (Fsp3) is 0.417. The monoisotopic (exact) mass is 235 g/mol. The number of rotatable bonds is 5. The minimum absolute atomic E-state index is 0.368. The van der Waals surface area contributed by atoms with Gasteiger partial charge in [0.05, 0.1) is 6.54 Å². The van der Waals surface area contributed by atoms with Crippen molar-refractivity contribution in [3.05, 3.63) is 16.3 Å². The Bertz CT molecular complexity index is 428. The molecule has 1 heterocycles. The summed E-state index contributed by atoms with van der Waals surface area (Å²) in [6, 6.07) is 1.70. The number of aromatic carboxylic acids is 1. The van der Waals surface area contributed by atoms with Crippen LogP contribution >= 0.6 is 11.3 Å². The lowest BCUT2D eigenvalue weighted by Crippen LogP contribution is -2.25. The Hall–Kier alpha value is -1.47. The van der Waals surface area contributed by atoms with Crippen LogP contribution in [0.15, 0.2) is 11.4 Å². The standard InChI is InChI=1S/C12H13NO2S/c1-2-5-13(7-9-3-4-9)10-6-11(12(14)15)16-8-10/h1,6,8-9H,3-5,7H2,(H,14,15). The van der Waals surface area contributed by atoms with Crippen LogP contribution in [-0.4, -0.2) is 24.2 Å². The summed E-state index contributed by atoms with van der Waals surface area (Å²) in [6.45, 7) is 1.49. The molecule has 1 aromatic rings. The second-order valence-corrected chi connectivity index (χ2v) is 4.91. The minimum atomic E-state index is -0.872. The van der Waals surface area contributed by atoms with Crippen LogP contribution < -0.4 is 4.90 Å². The van der Waals surface area contributed by atoms with Gasteiger partial charge in [-0.1, -0.05) is 5.92 Å². The van der Waals surface area contributed by atoms with E-state index in [1.807, 2.05) is 5.38 Å². The number of hydrogen-bond acceptors (Lipinski definition) is 3. The molecule has 0 aliphatic heterocycles. The van der Waals surface area contributed by atoms with E-state index in [0.29, 0.717) is 11.4 Å². The van der Waals surface area contributed by atoms with Crippen molar-refractivity contribution in [1.82, 2.24) is 0 Å². The van der Waals surface area contributed by atoms with Crippen LogP contribution in [0.5, 0.6) is 0 Å². The summed E-state index contributed by atoms with van der Waals surface area (Å²) in [7, 11) is 0. The summed E-state index contributed by atoms with van der Waals surface area (Å²) in [4.78, 5) is 13.2. The van der Waals surface area contributed by atoms with Gasteiger partial charge in [-0.25, -0.2) is 4.79 Å². The second-order valence-electron chi connectivity index (χ2n) is 4.00. The Morgan fingerprint density at radius 2 is 2.44 bits per heavy atom. The lowest BCUT2D eigenvalue weighted by molar-refractivity contribution is 0.0702. The van der Waals surface area contributed by atoms with Crippen molar-refractivity contribution >= 4 is 23.0 Å². The maximum atomic E-state index is 10.8. The molecular formula is C12H13NO2S. The summed E-state index contributed by atoms with van der Waals surface area (Å²) in [6.07, 6.45) is 7.85. The molecule has 0 aromatic carbocycles. The topological polar surface area (TPSA) is 40.5 Å². The first-order valence-corrected chi connectivity index (χ1v) is 6.09. The van der Waals surface area contributed by atoms with Crippen molar-refractivity contribution in [1.29, 1.82) is 0 Å². The third-order valence-electron chi connectivity index (χ3n) is 2.62. The predicted octanol–water partition coefficient (Wildman–Crippen LogP) is 2.30. The molecule has 84 valence electrons. The molecule has 0 amide bonds. The van der Waals surface area contributed by atoms with Crippen molar-refractivity contribution in [3.8, 4) is 12.3 Å². The minimum Gasteiger partial charge on any atom is -0.477 e. The number of nitrogens with zero attached hydrogens (tertiary/aromatic N) is 1. The Kier molecular flexibility index (Phi) is 3.16. The van der Waals surface area contributed by atoms with Gasteiger partial charge >= 0.3 is 5.97 Å². The fourth-order valence-electron chi connectivity index (χ4n) is 1.59. The van der Waals surface area contributed by atoms with Crippen LogP contribution in [0.25, 0.3) is 0 Å². The van der Waals surface area contributed by atoms with Crippen LogP contribution in [0.3, 0.4) is 0 Å². The van der Waals surface area contributed by atoms with Gasteiger partial charge in [0.1, 0.15) is 4.88 Å². The Morgan fingerprint density at radius 1 is 1.69 bits per heavy atom. The lowest BCUT2D eigenvalue weighted by Gasteiger charge is -2.20. The van der Waals surface area contributed by atoms with Gasteiger partial charge in [0.25, 0.3) is 0 Å². The van der Waals surface area contributed by atoms with E-state index in [0.717, 1.165) is 18.2 Å². The number of carboxylic acids is 1. The maximum Gasteiger partial charge on any atom is 0.345 e. The summed E-state index contributed by atoms with van der Waals surface area (Å²) >= 11 is 1.25. The molecule has 1 N–H and O–H groups in total. The van der Waals surface area contributed by atoms with Crippen LogP contribution in [0.4, 0.5) is 5.69 Å². The molecule has 1 aromatic heterocycles. The van der Waals surface area contributed by atoms with Crippen molar-refractivity contribution in [2.75, 3.05) is 18.0 Å². The molecule has 2 rings (SSSR count). The van der Waals surface area contributed by atoms with Crippen molar-refractivity contribution in [2.24, 2.45) is 5.92 Å². The van der Waals surface area contributed by atoms with E-state index in [4.69, 9.17) is 11.5 Å². The van der Waals surface area contributed by atoms with E-state index in [-0.39, 0.29) is 0 Å². The lowest BCUT2D eigenvalue weighted by atomic mass is 10.3. The van der Waals surface area contributed by atoms with E-state index in [2.05, 4.69) is 10.8 Å². The van der Waals surface area contributed by atoms with Gasteiger partial charge in [-0.15, -0.1) is 17.8 Å². The number of terminal acetylenes is 1. The number of anilines is 1. The summed E-state index contributed by atoms with van der Waals surface area (Å²) < 4.78 is 0. The highest BCUT2D eigenvalue weighted by molar-refractivity contribution is 7.12. The van der Waals surface area contributed by atoms with Gasteiger partial charge < -0.3 is 10.0 Å². The highest BCUT2D eigenvalue weighted by Crippen LogP contribution is 2.32. The Balaban J connectivity index is 2.10. The van der Waals surface area contributed by atoms with Gasteiger partial charge in [0.2, 0.25) is 0 Å². The number of thiophene rings is 1. The van der Waals surface area contributed by atoms with Gasteiger partial charge in [0.15, 0.2) is 0 Å². The number of hydrogen-bond donors (Lipinski definition) is 1. The molecule has 0 unspecified atom stereocenters. The third kappa shape index (κ3) is 2.56. The third-order valence-corrected chi connectivity index (χ3v) is 3.52. The molecule has 4 heteroatoms. The molecule has 1 saturated carbocycles. The van der Waals surface area contributed by atoms with Crippen LogP contribution in [0.2, 0.25) is 0 Å². The average molecular weight is 235 g/mol. The molecule has 0 spiro atoms. The first-order valence-electron chi connectivity index (χ1n) is 5.21. The van der Waals surface area contributed by atoms with Gasteiger partial charge in [0, 0.05) is 17.6 Å². The van der Waals surface area contributed by atoms with Crippen LogP contribution in [-0.2, 0) is 0 Å². The Labute approximate surface area is 98.7 Å². The smallest absolute Gasteiger partial charge is 0.345 e. The van der Waals surface area contributed by atoms with E-state index < -0.39 is 5.97 Å². The first kappa shape index (κ1) is 11.0. The zero-order chi connectivity index (χ0) is 11.5. The molecular weight excluding hydrogens is 222 g/mol. The van der Waals surface area contributed by atoms with Crippen LogP contribution in [0.1, 0.15) is 22.5 Å². The maximum absolute atomic E-state index is 10.8. The quantitative estimate of drug-likeness (QED) is 0.796. The molecule has 0 radical (unpaired) electrons. The molecule has 0 saturated heterocycles. The SMILES string of the molecule is C#CCN(CC1CC1)c1csc(C(=O)O)c1. The van der Waals surface area contributed by atoms with Crippen LogP contribution in [0, 0.1) is 18.3 Å². The predicted molar refractivity (Wildman–Crippen MR) is 65.0 cm³/mol. The van der Waals surface area contributed by atoms with E-state index in [9.17, 15) is 4.79 Å². The van der Waals surface area contributed by atoms with E-state index in [1.165, 1.54) is 24.2 Å². The molecule has 16 heavy (non-hydrogen) atoms. The highest BCUT2D eigenvalue weighted by atomic mass is 32.1. The van der Waals surface area contributed by atoms with Crippen molar-refractivity contribution in [2.45, 2.75) is 12.8 Å². The molecule has 1 fully saturated rings. The first-order chi connectivity index (χ1) is 7.70. The molecule has 1 aliphatic carbocycles. The van der Waals surface area contributed by atoms with Crippen molar-refractivity contribution < 1.29 is 9.90 Å². The summed E-state index contributed by atoms with van der Waals surface area (Å²) in [5.74, 6) is 2.49. The second kappa shape index (κ2) is 4.58. The number of carboxylic acid groups (broad SMARTS) is 1. The van der Waals surface area contributed by atoms with Gasteiger partial charge in [-0.2, -0.15) is 0 Å². The Morgan fingerprint density at radius 3 is 2.94 bits per heavy atom. The van der Waals surface area contributed by atoms with E-state index >= 15 is 0 Å². The number of carbonyl (C=O) groups is 1. The molecule has 0 atom stereocenters. The summed E-state index contributed by atoms with van der Waals surface area (Å²) in [5.41, 5.74) is 0.937. The van der Waals surface area contributed by atoms with E-state index in [1.54, 1.807) is 6.07 Å². The largest absolute Gasteiger partial charge is 0.477 e. The average Bonchev–Trinajstić information content (AvgIpc) is 2.92. The molecule has 1 aliphatic rings. The summed E-state index contributed by atoms with van der Waals surface area (Å²) in [5, 5.41) is 10.7. The van der Waals surface area contributed by atoms with Gasteiger partial charge in [-0.05, 0) is 24.8 Å². The molecule has 0 bridgehead atoms. The van der Waals surface area contributed by atoms with Crippen molar-refractivity contribution in [3.63, 3.8) is 0 Å². The fourth-order valence-corrected chi connectivity index (χ4v) is 2.34. The molecule has 3 nitrogen and oxygen atoms in total. The zero-order valence-corrected chi connectivity index (χ0v) is 9.67.